The van der Waals surface area contributed by atoms with E-state index < -0.39 is 0 Å². The summed E-state index contributed by atoms with van der Waals surface area (Å²) in [5, 5.41) is 11.6. The predicted octanol–water partition coefficient (Wildman–Crippen LogP) is 0.240. The first-order valence-corrected chi connectivity index (χ1v) is 3.96. The molecule has 0 aliphatic carbocycles. The summed E-state index contributed by atoms with van der Waals surface area (Å²) in [6.45, 7) is 1.11. The highest BCUT2D eigenvalue weighted by Crippen LogP contribution is 2.19. The number of aromatic nitrogens is 3. The lowest BCUT2D eigenvalue weighted by atomic mass is 10.2. The molecule has 1 fully saturated rings. The normalized spacial score (nSPS) is 24.3. The third-order valence-electron chi connectivity index (χ3n) is 2.03. The highest BCUT2D eigenvalue weighted by atomic mass is 15.5. The fraction of sp³-hybridized carbons (Fsp3) is 0.714. The van der Waals surface area contributed by atoms with Gasteiger partial charge in [-0.1, -0.05) is 0 Å². The lowest BCUT2D eigenvalue weighted by Gasteiger charge is -2.03. The Labute approximate surface area is 65.6 Å². The van der Waals surface area contributed by atoms with Crippen molar-refractivity contribution in [3.63, 3.8) is 0 Å². The third-order valence-corrected chi connectivity index (χ3v) is 2.03. The molecule has 2 rings (SSSR count). The average molecular weight is 152 g/mol. The van der Waals surface area contributed by atoms with Crippen molar-refractivity contribution < 1.29 is 0 Å². The summed E-state index contributed by atoms with van der Waals surface area (Å²) in [5.74, 6) is 0. The molecule has 1 aliphatic rings. The number of nitrogens with one attached hydrogen (secondary N) is 1. The Morgan fingerprint density at radius 1 is 1.73 bits per heavy atom. The summed E-state index contributed by atoms with van der Waals surface area (Å²) in [6, 6.07) is 0.448. The number of hydrogen-bond acceptors (Lipinski definition) is 3. The van der Waals surface area contributed by atoms with Crippen LogP contribution in [0.4, 0.5) is 0 Å². The van der Waals surface area contributed by atoms with Crippen LogP contribution >= 0.6 is 0 Å². The molecular weight excluding hydrogens is 140 g/mol. The topological polar surface area (TPSA) is 42.7 Å². The van der Waals surface area contributed by atoms with Crippen molar-refractivity contribution in [3.8, 4) is 0 Å². The van der Waals surface area contributed by atoms with Gasteiger partial charge in [0.2, 0.25) is 0 Å². The van der Waals surface area contributed by atoms with Crippen molar-refractivity contribution >= 4 is 0 Å². The van der Waals surface area contributed by atoms with Crippen LogP contribution in [0.5, 0.6) is 0 Å². The smallest absolute Gasteiger partial charge is 0.0996 e. The van der Waals surface area contributed by atoms with Gasteiger partial charge in [-0.15, -0.1) is 0 Å². The molecule has 0 spiro atoms. The van der Waals surface area contributed by atoms with Gasteiger partial charge < -0.3 is 5.32 Å². The standard InChI is InChI=1S/C7H12N4/c1-11-9-5-7(10-11)6-3-2-4-8-6/h5-6,8H,2-4H2,1H3. The highest BCUT2D eigenvalue weighted by molar-refractivity contribution is 5.01. The SMILES string of the molecule is Cn1ncc(C2CCCN2)n1. The van der Waals surface area contributed by atoms with Crippen molar-refractivity contribution in [2.24, 2.45) is 7.05 Å². The number of hydrogen-bond donors (Lipinski definition) is 1. The summed E-state index contributed by atoms with van der Waals surface area (Å²) in [7, 11) is 1.85. The largest absolute Gasteiger partial charge is 0.309 e. The van der Waals surface area contributed by atoms with Crippen LogP contribution in [-0.2, 0) is 7.05 Å². The zero-order valence-electron chi connectivity index (χ0n) is 6.62. The Bertz CT molecular complexity index is 236. The number of aryl methyl sites for hydroxylation is 1. The van der Waals surface area contributed by atoms with Gasteiger partial charge in [0.25, 0.3) is 0 Å². The summed E-state index contributed by atoms with van der Waals surface area (Å²) in [6.07, 6.45) is 4.28. The molecule has 11 heavy (non-hydrogen) atoms. The maximum Gasteiger partial charge on any atom is 0.0996 e. The summed E-state index contributed by atoms with van der Waals surface area (Å²) >= 11 is 0. The summed E-state index contributed by atoms with van der Waals surface area (Å²) in [5.41, 5.74) is 1.07. The van der Waals surface area contributed by atoms with Crippen LogP contribution in [0.3, 0.4) is 0 Å². The highest BCUT2D eigenvalue weighted by Gasteiger charge is 2.18. The van der Waals surface area contributed by atoms with Crippen molar-refractivity contribution in [2.45, 2.75) is 18.9 Å². The minimum Gasteiger partial charge on any atom is -0.309 e. The Morgan fingerprint density at radius 3 is 3.18 bits per heavy atom. The molecule has 1 saturated heterocycles. The van der Waals surface area contributed by atoms with Crippen LogP contribution in [0.15, 0.2) is 6.20 Å². The molecule has 4 nitrogen and oxygen atoms in total. The van der Waals surface area contributed by atoms with Crippen LogP contribution in [-0.4, -0.2) is 21.5 Å². The van der Waals surface area contributed by atoms with Gasteiger partial charge in [-0.3, -0.25) is 0 Å². The Hall–Kier alpha value is -0.900. The molecule has 0 aromatic carbocycles. The van der Waals surface area contributed by atoms with Crippen LogP contribution in [0.2, 0.25) is 0 Å². The maximum atomic E-state index is 4.24. The Kier molecular flexibility index (Phi) is 1.62. The zero-order valence-corrected chi connectivity index (χ0v) is 6.62. The fourth-order valence-corrected chi connectivity index (χ4v) is 1.46. The molecule has 0 bridgehead atoms. The summed E-state index contributed by atoms with van der Waals surface area (Å²) < 4.78 is 0. The second-order valence-corrected chi connectivity index (χ2v) is 2.91. The molecule has 0 saturated carbocycles. The first kappa shape index (κ1) is 6.79. The molecule has 1 unspecified atom stereocenters. The van der Waals surface area contributed by atoms with Crippen molar-refractivity contribution in [2.75, 3.05) is 6.54 Å². The van der Waals surface area contributed by atoms with Crippen molar-refractivity contribution in [1.29, 1.82) is 0 Å². The lowest BCUT2D eigenvalue weighted by Crippen LogP contribution is -2.13. The average Bonchev–Trinajstić information content (AvgIpc) is 2.55. The van der Waals surface area contributed by atoms with Gasteiger partial charge in [0, 0.05) is 7.05 Å². The van der Waals surface area contributed by atoms with E-state index in [1.165, 1.54) is 12.8 Å². The van der Waals surface area contributed by atoms with E-state index >= 15 is 0 Å². The molecule has 1 aromatic rings. The maximum absolute atomic E-state index is 4.24. The van der Waals surface area contributed by atoms with Gasteiger partial charge >= 0.3 is 0 Å². The van der Waals surface area contributed by atoms with Crippen molar-refractivity contribution in [3.05, 3.63) is 11.9 Å². The van der Waals surface area contributed by atoms with E-state index in [0.717, 1.165) is 12.2 Å². The molecule has 1 aliphatic heterocycles. The van der Waals surface area contributed by atoms with E-state index in [1.807, 2.05) is 13.2 Å². The van der Waals surface area contributed by atoms with Gasteiger partial charge in [-0.2, -0.15) is 15.0 Å². The van der Waals surface area contributed by atoms with E-state index in [2.05, 4.69) is 15.5 Å². The minimum atomic E-state index is 0.448. The first-order valence-electron chi connectivity index (χ1n) is 3.96. The van der Waals surface area contributed by atoms with Crippen LogP contribution in [0.1, 0.15) is 24.6 Å². The molecule has 1 aromatic heterocycles. The lowest BCUT2D eigenvalue weighted by molar-refractivity contribution is 0.590. The molecule has 60 valence electrons. The molecule has 0 amide bonds. The Balaban J connectivity index is 2.15. The third kappa shape index (κ3) is 1.26. The zero-order chi connectivity index (χ0) is 7.68. The van der Waals surface area contributed by atoms with Gasteiger partial charge in [0.15, 0.2) is 0 Å². The summed E-state index contributed by atoms with van der Waals surface area (Å²) in [4.78, 5) is 1.61. The monoisotopic (exact) mass is 152 g/mol. The van der Waals surface area contributed by atoms with E-state index in [-0.39, 0.29) is 0 Å². The van der Waals surface area contributed by atoms with Gasteiger partial charge in [-0.05, 0) is 19.4 Å². The van der Waals surface area contributed by atoms with Gasteiger partial charge in [-0.25, -0.2) is 0 Å². The molecule has 1 N–H and O–H groups in total. The van der Waals surface area contributed by atoms with E-state index in [1.54, 1.807) is 4.80 Å². The number of nitrogens with zero attached hydrogens (tertiary/aromatic N) is 3. The fourth-order valence-electron chi connectivity index (χ4n) is 1.46. The predicted molar refractivity (Wildman–Crippen MR) is 41.0 cm³/mol. The second kappa shape index (κ2) is 2.62. The van der Waals surface area contributed by atoms with Crippen LogP contribution in [0.25, 0.3) is 0 Å². The second-order valence-electron chi connectivity index (χ2n) is 2.91. The quantitative estimate of drug-likeness (QED) is 0.626. The first-order chi connectivity index (χ1) is 5.36. The molecule has 1 atom stereocenters. The molecule has 2 heterocycles. The molecular formula is C7H12N4. The van der Waals surface area contributed by atoms with E-state index in [4.69, 9.17) is 0 Å². The Morgan fingerprint density at radius 2 is 2.64 bits per heavy atom. The van der Waals surface area contributed by atoms with Crippen molar-refractivity contribution in [1.82, 2.24) is 20.3 Å². The van der Waals surface area contributed by atoms with Crippen LogP contribution < -0.4 is 5.32 Å². The molecule has 0 radical (unpaired) electrons. The molecule has 4 heteroatoms. The van der Waals surface area contributed by atoms with Crippen LogP contribution in [0, 0.1) is 0 Å². The van der Waals surface area contributed by atoms with E-state index in [0.29, 0.717) is 6.04 Å². The van der Waals surface area contributed by atoms with Gasteiger partial charge in [0.1, 0.15) is 0 Å². The number of rotatable bonds is 1. The van der Waals surface area contributed by atoms with Gasteiger partial charge in [0.05, 0.1) is 17.9 Å². The van der Waals surface area contributed by atoms with E-state index in [9.17, 15) is 0 Å². The minimum absolute atomic E-state index is 0.448.